The summed E-state index contributed by atoms with van der Waals surface area (Å²) < 4.78 is 35.8. The minimum atomic E-state index is -4.15. The molecule has 7 nitrogen and oxygen atoms in total. The van der Waals surface area contributed by atoms with Gasteiger partial charge in [0.25, 0.3) is 5.91 Å². The lowest BCUT2D eigenvalue weighted by Gasteiger charge is -2.14. The number of benzene rings is 2. The molecule has 0 atom stereocenters. The molecule has 0 saturated heterocycles. The van der Waals surface area contributed by atoms with E-state index >= 15 is 0 Å². The van der Waals surface area contributed by atoms with E-state index in [-0.39, 0.29) is 33.6 Å². The summed E-state index contributed by atoms with van der Waals surface area (Å²) in [7, 11) is -4.15. The van der Waals surface area contributed by atoms with Gasteiger partial charge in [-0.3, -0.25) is 4.79 Å². The second-order valence-corrected chi connectivity index (χ2v) is 7.60. The molecule has 0 spiro atoms. The van der Waals surface area contributed by atoms with Crippen LogP contribution in [-0.4, -0.2) is 20.9 Å². The molecular formula is C19H17ClN2O5S. The highest BCUT2D eigenvalue weighted by Gasteiger charge is 2.22. The molecule has 0 radical (unpaired) electrons. The van der Waals surface area contributed by atoms with Crippen molar-refractivity contribution in [3.8, 4) is 17.6 Å². The summed E-state index contributed by atoms with van der Waals surface area (Å²) in [5, 5.41) is 8.89. The van der Waals surface area contributed by atoms with Crippen LogP contribution in [0.1, 0.15) is 18.1 Å². The minimum Gasteiger partial charge on any atom is -0.490 e. The highest BCUT2D eigenvalue weighted by Crippen LogP contribution is 2.39. The molecule has 0 aromatic heterocycles. The third-order valence-corrected chi connectivity index (χ3v) is 5.05. The summed E-state index contributed by atoms with van der Waals surface area (Å²) in [4.78, 5) is 11.2. The summed E-state index contributed by atoms with van der Waals surface area (Å²) in [5.41, 5.74) is 6.05. The number of rotatable bonds is 7. The van der Waals surface area contributed by atoms with Crippen molar-refractivity contribution in [3.63, 3.8) is 0 Å². The summed E-state index contributed by atoms with van der Waals surface area (Å²) in [5.74, 6) is -1.06. The fourth-order valence-electron chi connectivity index (χ4n) is 2.20. The van der Waals surface area contributed by atoms with Crippen molar-refractivity contribution in [2.45, 2.75) is 18.7 Å². The zero-order chi connectivity index (χ0) is 20.9. The van der Waals surface area contributed by atoms with Gasteiger partial charge in [-0.2, -0.15) is 13.7 Å². The molecule has 0 aliphatic carbocycles. The fraction of sp³-hybridized carbons (Fsp3) is 0.158. The van der Waals surface area contributed by atoms with Gasteiger partial charge in [0.05, 0.1) is 11.6 Å². The highest BCUT2D eigenvalue weighted by atomic mass is 35.5. The molecule has 9 heteroatoms. The maximum Gasteiger partial charge on any atom is 0.339 e. The van der Waals surface area contributed by atoms with Crippen LogP contribution in [0.5, 0.6) is 11.5 Å². The first-order chi connectivity index (χ1) is 13.2. The molecule has 28 heavy (non-hydrogen) atoms. The maximum absolute atomic E-state index is 12.6. The van der Waals surface area contributed by atoms with Gasteiger partial charge >= 0.3 is 10.1 Å². The third-order valence-electron chi connectivity index (χ3n) is 3.53. The number of nitriles is 1. The quantitative estimate of drug-likeness (QED) is 0.417. The summed E-state index contributed by atoms with van der Waals surface area (Å²) in [6, 6.07) is 10.5. The number of carbonyl (C=O) groups is 1. The fourth-order valence-corrected chi connectivity index (χ4v) is 3.46. The van der Waals surface area contributed by atoms with E-state index < -0.39 is 16.0 Å². The van der Waals surface area contributed by atoms with E-state index in [1.165, 1.54) is 30.3 Å². The Labute approximate surface area is 168 Å². The largest absolute Gasteiger partial charge is 0.490 e. The molecule has 1 amide bonds. The lowest BCUT2D eigenvalue weighted by atomic mass is 10.1. The SMILES string of the molecule is CCOc1cc(/C=C(\C#N)C(N)=O)cc(Cl)c1OS(=O)(=O)c1ccc(C)cc1. The Morgan fingerprint density at radius 2 is 1.93 bits per heavy atom. The summed E-state index contributed by atoms with van der Waals surface area (Å²) >= 11 is 6.20. The van der Waals surface area contributed by atoms with Crippen LogP contribution in [0.2, 0.25) is 5.02 Å². The van der Waals surface area contributed by atoms with Crippen molar-refractivity contribution in [1.82, 2.24) is 0 Å². The van der Waals surface area contributed by atoms with E-state index in [0.29, 0.717) is 5.56 Å². The van der Waals surface area contributed by atoms with Crippen molar-refractivity contribution in [2.75, 3.05) is 6.61 Å². The Morgan fingerprint density at radius 1 is 1.29 bits per heavy atom. The number of amides is 1. The molecule has 146 valence electrons. The predicted octanol–water partition coefficient (Wildman–Crippen LogP) is 3.21. The molecule has 0 bridgehead atoms. The van der Waals surface area contributed by atoms with Crippen molar-refractivity contribution in [3.05, 3.63) is 58.1 Å². The van der Waals surface area contributed by atoms with Gasteiger partial charge in [-0.05, 0) is 49.8 Å². The topological polar surface area (TPSA) is 119 Å². The van der Waals surface area contributed by atoms with Gasteiger partial charge in [0, 0.05) is 0 Å². The van der Waals surface area contributed by atoms with Crippen LogP contribution >= 0.6 is 11.6 Å². The van der Waals surface area contributed by atoms with E-state index in [4.69, 9.17) is 31.5 Å². The van der Waals surface area contributed by atoms with Gasteiger partial charge < -0.3 is 14.7 Å². The number of hydrogen-bond donors (Lipinski definition) is 1. The Bertz CT molecular complexity index is 1070. The molecule has 2 aromatic rings. The molecule has 0 saturated carbocycles. The van der Waals surface area contributed by atoms with Crippen molar-refractivity contribution in [1.29, 1.82) is 5.26 Å². The lowest BCUT2D eigenvalue weighted by Crippen LogP contribution is -2.12. The molecule has 0 fully saturated rings. The minimum absolute atomic E-state index is 0.0405. The van der Waals surface area contributed by atoms with E-state index in [0.717, 1.165) is 5.56 Å². The van der Waals surface area contributed by atoms with Gasteiger partial charge in [-0.15, -0.1) is 0 Å². The molecule has 0 aliphatic heterocycles. The van der Waals surface area contributed by atoms with Gasteiger partial charge in [-0.25, -0.2) is 0 Å². The van der Waals surface area contributed by atoms with E-state index in [1.807, 2.05) is 6.92 Å². The Morgan fingerprint density at radius 3 is 2.46 bits per heavy atom. The van der Waals surface area contributed by atoms with Crippen LogP contribution in [0.25, 0.3) is 6.08 Å². The van der Waals surface area contributed by atoms with Crippen LogP contribution in [0, 0.1) is 18.3 Å². The number of nitrogens with zero attached hydrogens (tertiary/aromatic N) is 1. The van der Waals surface area contributed by atoms with Crippen LogP contribution in [-0.2, 0) is 14.9 Å². The van der Waals surface area contributed by atoms with Crippen LogP contribution < -0.4 is 14.7 Å². The Kier molecular flexibility index (Phi) is 6.67. The lowest BCUT2D eigenvalue weighted by molar-refractivity contribution is -0.114. The van der Waals surface area contributed by atoms with Crippen molar-refractivity contribution >= 4 is 33.7 Å². The predicted molar refractivity (Wildman–Crippen MR) is 104 cm³/mol. The number of nitrogens with two attached hydrogens (primary N) is 1. The number of carbonyl (C=O) groups excluding carboxylic acids is 1. The molecule has 2 aromatic carbocycles. The first kappa shape index (κ1) is 21.3. The standard InChI is InChI=1S/C19H17ClN2O5S/c1-3-26-17-10-13(8-14(11-21)19(22)23)9-16(20)18(17)27-28(24,25)15-6-4-12(2)5-7-15/h4-10H,3H2,1-2H3,(H2,22,23)/b14-8+. The third kappa shape index (κ3) is 5.03. The summed E-state index contributed by atoms with van der Waals surface area (Å²) in [6.07, 6.45) is 1.22. The summed E-state index contributed by atoms with van der Waals surface area (Å²) in [6.45, 7) is 3.72. The van der Waals surface area contributed by atoms with Crippen LogP contribution in [0.15, 0.2) is 46.9 Å². The molecule has 0 heterocycles. The number of hydrogen-bond acceptors (Lipinski definition) is 6. The first-order valence-corrected chi connectivity index (χ1v) is 9.85. The van der Waals surface area contributed by atoms with Crippen LogP contribution in [0.4, 0.5) is 0 Å². The molecule has 0 unspecified atom stereocenters. The highest BCUT2D eigenvalue weighted by molar-refractivity contribution is 7.87. The number of primary amides is 1. The number of aryl methyl sites for hydroxylation is 1. The van der Waals surface area contributed by atoms with Gasteiger partial charge in [0.2, 0.25) is 5.75 Å². The molecule has 2 N–H and O–H groups in total. The maximum atomic E-state index is 12.6. The van der Waals surface area contributed by atoms with Crippen molar-refractivity contribution < 1.29 is 22.1 Å². The zero-order valence-electron chi connectivity index (χ0n) is 15.1. The normalized spacial score (nSPS) is 11.6. The van der Waals surface area contributed by atoms with Gasteiger partial charge in [-0.1, -0.05) is 29.3 Å². The van der Waals surface area contributed by atoms with Crippen molar-refractivity contribution in [2.24, 2.45) is 5.73 Å². The average molecular weight is 421 g/mol. The Hall–Kier alpha value is -3.02. The van der Waals surface area contributed by atoms with Crippen LogP contribution in [0.3, 0.4) is 0 Å². The second-order valence-electron chi connectivity index (χ2n) is 5.65. The second kappa shape index (κ2) is 8.78. The molecular weight excluding hydrogens is 404 g/mol. The zero-order valence-corrected chi connectivity index (χ0v) is 16.7. The molecule has 2 rings (SSSR count). The van der Waals surface area contributed by atoms with Gasteiger partial charge in [0.1, 0.15) is 16.5 Å². The van der Waals surface area contributed by atoms with Gasteiger partial charge in [0.15, 0.2) is 5.75 Å². The number of ether oxygens (including phenoxy) is 1. The molecule has 0 aliphatic rings. The monoisotopic (exact) mass is 420 g/mol. The van der Waals surface area contributed by atoms with E-state index in [1.54, 1.807) is 25.1 Å². The first-order valence-electron chi connectivity index (χ1n) is 8.07. The smallest absolute Gasteiger partial charge is 0.339 e. The number of halogens is 1. The van der Waals surface area contributed by atoms with E-state index in [2.05, 4.69) is 0 Å². The Balaban J connectivity index is 2.51. The average Bonchev–Trinajstić information content (AvgIpc) is 2.63. The van der Waals surface area contributed by atoms with E-state index in [9.17, 15) is 13.2 Å².